The molecule has 1 heterocycles. The van der Waals surface area contributed by atoms with Gasteiger partial charge in [-0.15, -0.1) is 0 Å². The highest BCUT2D eigenvalue weighted by molar-refractivity contribution is 5.07. The number of furan rings is 1. The fourth-order valence-corrected chi connectivity index (χ4v) is 1.91. The summed E-state index contributed by atoms with van der Waals surface area (Å²) in [6.45, 7) is 12.8. The van der Waals surface area contributed by atoms with Gasteiger partial charge < -0.3 is 9.73 Å². The van der Waals surface area contributed by atoms with Crippen LogP contribution >= 0.6 is 0 Å². The second kappa shape index (κ2) is 8.39. The van der Waals surface area contributed by atoms with Gasteiger partial charge in [-0.05, 0) is 50.5 Å². The summed E-state index contributed by atoms with van der Waals surface area (Å²) in [6.07, 6.45) is 1.24. The lowest BCUT2D eigenvalue weighted by Crippen LogP contribution is -2.20. The fraction of sp³-hybridized carbons (Fsp3) is 0.750. The average Bonchev–Trinajstić information content (AvgIpc) is 2.73. The third-order valence-corrected chi connectivity index (χ3v) is 3.08. The van der Waals surface area contributed by atoms with Gasteiger partial charge in [0.25, 0.3) is 0 Å². The van der Waals surface area contributed by atoms with Gasteiger partial charge in [0.2, 0.25) is 0 Å². The van der Waals surface area contributed by atoms with E-state index >= 15 is 0 Å². The van der Waals surface area contributed by atoms with Gasteiger partial charge in [-0.25, -0.2) is 0 Å². The zero-order valence-corrected chi connectivity index (χ0v) is 13.2. The van der Waals surface area contributed by atoms with Crippen LogP contribution in [0.2, 0.25) is 0 Å². The second-order valence-corrected chi connectivity index (χ2v) is 6.31. The lowest BCUT2D eigenvalue weighted by Gasteiger charge is -2.16. The van der Waals surface area contributed by atoms with Crippen molar-refractivity contribution in [2.24, 2.45) is 11.8 Å². The van der Waals surface area contributed by atoms with Crippen molar-refractivity contribution in [2.45, 2.75) is 47.2 Å². The van der Waals surface area contributed by atoms with Crippen LogP contribution in [-0.4, -0.2) is 25.0 Å². The number of nitrogens with one attached hydrogen (secondary N) is 1. The number of rotatable bonds is 9. The van der Waals surface area contributed by atoms with E-state index in [2.05, 4.69) is 57.1 Å². The SMILES string of the molecule is CC(C)CCN(C)Cc1ccc(CNCC(C)C)o1. The van der Waals surface area contributed by atoms with Gasteiger partial charge in [-0.3, -0.25) is 4.90 Å². The Balaban J connectivity index is 2.29. The van der Waals surface area contributed by atoms with Crippen LogP contribution < -0.4 is 5.32 Å². The van der Waals surface area contributed by atoms with E-state index in [0.29, 0.717) is 5.92 Å². The van der Waals surface area contributed by atoms with Crippen LogP contribution in [0, 0.1) is 11.8 Å². The molecule has 0 radical (unpaired) electrons. The lowest BCUT2D eigenvalue weighted by atomic mass is 10.1. The summed E-state index contributed by atoms with van der Waals surface area (Å²) in [6, 6.07) is 4.18. The molecule has 3 heteroatoms. The maximum Gasteiger partial charge on any atom is 0.118 e. The molecule has 0 bridgehead atoms. The first-order valence-electron chi connectivity index (χ1n) is 7.44. The molecule has 1 N–H and O–H groups in total. The van der Waals surface area contributed by atoms with Crippen LogP contribution in [0.1, 0.15) is 45.6 Å². The van der Waals surface area contributed by atoms with Gasteiger partial charge in [0, 0.05) is 0 Å². The van der Waals surface area contributed by atoms with Crippen molar-refractivity contribution in [3.8, 4) is 0 Å². The molecule has 0 aliphatic heterocycles. The van der Waals surface area contributed by atoms with E-state index in [9.17, 15) is 0 Å². The van der Waals surface area contributed by atoms with Crippen molar-refractivity contribution in [1.29, 1.82) is 0 Å². The fourth-order valence-electron chi connectivity index (χ4n) is 1.91. The van der Waals surface area contributed by atoms with E-state index in [-0.39, 0.29) is 0 Å². The third kappa shape index (κ3) is 7.38. The van der Waals surface area contributed by atoms with Crippen LogP contribution in [-0.2, 0) is 13.1 Å². The van der Waals surface area contributed by atoms with Crippen LogP contribution in [0.3, 0.4) is 0 Å². The molecule has 1 aromatic heterocycles. The second-order valence-electron chi connectivity index (χ2n) is 6.31. The van der Waals surface area contributed by atoms with Gasteiger partial charge in [0.1, 0.15) is 11.5 Å². The minimum Gasteiger partial charge on any atom is -0.463 e. The minimum atomic E-state index is 0.677. The Bertz CT molecular complexity index is 344. The molecule has 0 saturated carbocycles. The van der Waals surface area contributed by atoms with Crippen molar-refractivity contribution in [2.75, 3.05) is 20.1 Å². The lowest BCUT2D eigenvalue weighted by molar-refractivity contribution is 0.273. The summed E-state index contributed by atoms with van der Waals surface area (Å²) < 4.78 is 5.84. The molecule has 0 saturated heterocycles. The zero-order valence-electron chi connectivity index (χ0n) is 13.2. The van der Waals surface area contributed by atoms with Gasteiger partial charge in [0.05, 0.1) is 13.1 Å². The zero-order chi connectivity index (χ0) is 14.3. The van der Waals surface area contributed by atoms with E-state index in [1.807, 2.05) is 0 Å². The molecule has 0 amide bonds. The van der Waals surface area contributed by atoms with Crippen LogP contribution in [0.4, 0.5) is 0 Å². The quantitative estimate of drug-likeness (QED) is 0.741. The molecule has 0 unspecified atom stereocenters. The van der Waals surface area contributed by atoms with E-state index < -0.39 is 0 Å². The van der Waals surface area contributed by atoms with Crippen molar-refractivity contribution in [1.82, 2.24) is 10.2 Å². The minimum absolute atomic E-state index is 0.677. The summed E-state index contributed by atoms with van der Waals surface area (Å²) in [5, 5.41) is 3.40. The van der Waals surface area contributed by atoms with Crippen LogP contribution in [0.25, 0.3) is 0 Å². The van der Waals surface area contributed by atoms with E-state index in [0.717, 1.165) is 43.6 Å². The molecule has 1 rings (SSSR count). The molecular formula is C16H30N2O. The van der Waals surface area contributed by atoms with Crippen molar-refractivity contribution in [3.05, 3.63) is 23.7 Å². The van der Waals surface area contributed by atoms with Crippen LogP contribution in [0.5, 0.6) is 0 Å². The Labute approximate surface area is 118 Å². The van der Waals surface area contributed by atoms with Gasteiger partial charge in [-0.1, -0.05) is 27.7 Å². The smallest absolute Gasteiger partial charge is 0.118 e. The normalized spacial score (nSPS) is 12.0. The molecule has 0 aliphatic rings. The third-order valence-electron chi connectivity index (χ3n) is 3.08. The molecule has 0 aliphatic carbocycles. The molecular weight excluding hydrogens is 236 g/mol. The Morgan fingerprint density at radius 1 is 1.11 bits per heavy atom. The number of nitrogens with zero attached hydrogens (tertiary/aromatic N) is 1. The molecule has 0 fully saturated rings. The molecule has 19 heavy (non-hydrogen) atoms. The Morgan fingerprint density at radius 2 is 1.79 bits per heavy atom. The monoisotopic (exact) mass is 266 g/mol. The largest absolute Gasteiger partial charge is 0.463 e. The molecule has 1 aromatic rings. The van der Waals surface area contributed by atoms with E-state index in [1.54, 1.807) is 0 Å². The van der Waals surface area contributed by atoms with Gasteiger partial charge in [0.15, 0.2) is 0 Å². The summed E-state index contributed by atoms with van der Waals surface area (Å²) in [5.41, 5.74) is 0. The highest BCUT2D eigenvalue weighted by Crippen LogP contribution is 2.11. The highest BCUT2D eigenvalue weighted by Gasteiger charge is 2.06. The summed E-state index contributed by atoms with van der Waals surface area (Å²) in [5.74, 6) is 3.53. The Morgan fingerprint density at radius 3 is 2.42 bits per heavy atom. The standard InChI is InChI=1S/C16H30N2O/c1-13(2)8-9-18(5)12-16-7-6-15(19-16)11-17-10-14(3)4/h6-7,13-14,17H,8-12H2,1-5H3. The predicted octanol–water partition coefficient (Wildman–Crippen LogP) is 3.50. The maximum absolute atomic E-state index is 5.84. The molecule has 110 valence electrons. The van der Waals surface area contributed by atoms with Gasteiger partial charge in [-0.2, -0.15) is 0 Å². The van der Waals surface area contributed by atoms with Crippen LogP contribution in [0.15, 0.2) is 16.5 Å². The predicted molar refractivity (Wildman–Crippen MR) is 81.0 cm³/mol. The molecule has 0 aromatic carbocycles. The molecule has 0 spiro atoms. The Hall–Kier alpha value is -0.800. The Kier molecular flexibility index (Phi) is 7.17. The summed E-state index contributed by atoms with van der Waals surface area (Å²) >= 11 is 0. The first kappa shape index (κ1) is 16.3. The average molecular weight is 266 g/mol. The number of hydrogen-bond acceptors (Lipinski definition) is 3. The maximum atomic E-state index is 5.84. The van der Waals surface area contributed by atoms with E-state index in [1.165, 1.54) is 6.42 Å². The number of hydrogen-bond donors (Lipinski definition) is 1. The summed E-state index contributed by atoms with van der Waals surface area (Å²) in [7, 11) is 2.15. The van der Waals surface area contributed by atoms with Gasteiger partial charge >= 0.3 is 0 Å². The summed E-state index contributed by atoms with van der Waals surface area (Å²) in [4.78, 5) is 2.32. The topological polar surface area (TPSA) is 28.4 Å². The first-order valence-corrected chi connectivity index (χ1v) is 7.44. The van der Waals surface area contributed by atoms with Crippen molar-refractivity contribution < 1.29 is 4.42 Å². The van der Waals surface area contributed by atoms with Crippen molar-refractivity contribution in [3.63, 3.8) is 0 Å². The molecule has 3 nitrogen and oxygen atoms in total. The van der Waals surface area contributed by atoms with Crippen molar-refractivity contribution >= 4 is 0 Å². The molecule has 0 atom stereocenters. The highest BCUT2D eigenvalue weighted by atomic mass is 16.3. The van der Waals surface area contributed by atoms with E-state index in [4.69, 9.17) is 4.42 Å². The first-order chi connectivity index (χ1) is 8.97.